The summed E-state index contributed by atoms with van der Waals surface area (Å²) >= 11 is 0. The lowest BCUT2D eigenvalue weighted by Crippen LogP contribution is -2.31. The van der Waals surface area contributed by atoms with E-state index in [4.69, 9.17) is 4.74 Å². The number of nitrogens with one attached hydrogen (secondary N) is 1. The number of carbonyl (C=O) groups is 1. The van der Waals surface area contributed by atoms with Crippen molar-refractivity contribution in [1.29, 1.82) is 0 Å². The molecule has 0 aromatic heterocycles. The number of hydrogen-bond donors (Lipinski definition) is 1. The van der Waals surface area contributed by atoms with Crippen molar-refractivity contribution in [2.75, 3.05) is 32.1 Å². The summed E-state index contributed by atoms with van der Waals surface area (Å²) in [6.45, 7) is 1.33. The molecule has 0 fully saturated rings. The number of carbonyl (C=O) groups excluding carboxylic acids is 1. The molecular formula is C19H22N2O2. The highest BCUT2D eigenvalue weighted by Gasteiger charge is 2.01. The second-order valence-corrected chi connectivity index (χ2v) is 5.12. The van der Waals surface area contributed by atoms with E-state index in [0.717, 1.165) is 23.5 Å². The first-order chi connectivity index (χ1) is 11.2. The SMILES string of the molecule is COc1ccccc1C=CC(=O)NCCN(C)c1ccccc1. The molecule has 0 radical (unpaired) electrons. The van der Waals surface area contributed by atoms with Crippen LogP contribution in [0.15, 0.2) is 60.7 Å². The topological polar surface area (TPSA) is 41.6 Å². The van der Waals surface area contributed by atoms with E-state index in [9.17, 15) is 4.79 Å². The molecule has 4 nitrogen and oxygen atoms in total. The predicted molar refractivity (Wildman–Crippen MR) is 94.7 cm³/mol. The summed E-state index contributed by atoms with van der Waals surface area (Å²) in [5.74, 6) is 0.637. The zero-order valence-corrected chi connectivity index (χ0v) is 13.5. The number of amides is 1. The van der Waals surface area contributed by atoms with Gasteiger partial charge in [-0.25, -0.2) is 0 Å². The van der Waals surface area contributed by atoms with E-state index in [1.54, 1.807) is 13.2 Å². The van der Waals surface area contributed by atoms with E-state index >= 15 is 0 Å². The number of benzene rings is 2. The minimum absolute atomic E-state index is 0.114. The first-order valence-electron chi connectivity index (χ1n) is 7.56. The summed E-state index contributed by atoms with van der Waals surface area (Å²) in [4.78, 5) is 14.0. The third kappa shape index (κ3) is 5.18. The molecule has 0 aliphatic heterocycles. The number of hydrogen-bond acceptors (Lipinski definition) is 3. The Morgan fingerprint density at radius 2 is 1.83 bits per heavy atom. The number of likely N-dealkylation sites (N-methyl/N-ethyl adjacent to an activating group) is 1. The van der Waals surface area contributed by atoms with Crippen LogP contribution in [0.5, 0.6) is 5.75 Å². The van der Waals surface area contributed by atoms with Gasteiger partial charge in [0.25, 0.3) is 0 Å². The van der Waals surface area contributed by atoms with Crippen LogP contribution in [0.1, 0.15) is 5.56 Å². The smallest absolute Gasteiger partial charge is 0.244 e. The molecule has 0 heterocycles. The highest BCUT2D eigenvalue weighted by atomic mass is 16.5. The van der Waals surface area contributed by atoms with E-state index in [1.165, 1.54) is 6.08 Å². The van der Waals surface area contributed by atoms with Crippen LogP contribution < -0.4 is 15.0 Å². The van der Waals surface area contributed by atoms with E-state index in [0.29, 0.717) is 6.54 Å². The number of anilines is 1. The molecule has 0 saturated carbocycles. The van der Waals surface area contributed by atoms with Crippen LogP contribution in [-0.4, -0.2) is 33.2 Å². The van der Waals surface area contributed by atoms with E-state index in [1.807, 2.05) is 61.6 Å². The predicted octanol–water partition coefficient (Wildman–Crippen LogP) is 2.96. The minimum Gasteiger partial charge on any atom is -0.496 e. The third-order valence-electron chi connectivity index (χ3n) is 3.50. The van der Waals surface area contributed by atoms with Gasteiger partial charge in [-0.3, -0.25) is 4.79 Å². The van der Waals surface area contributed by atoms with E-state index in [2.05, 4.69) is 10.2 Å². The van der Waals surface area contributed by atoms with Crippen molar-refractivity contribution in [3.8, 4) is 5.75 Å². The standard InChI is InChI=1S/C19H22N2O2/c1-21(17-9-4-3-5-10-17)15-14-20-19(22)13-12-16-8-6-7-11-18(16)23-2/h3-13H,14-15H2,1-2H3,(H,20,22). The van der Waals surface area contributed by atoms with Crippen molar-refractivity contribution in [2.45, 2.75) is 0 Å². The van der Waals surface area contributed by atoms with Crippen molar-refractivity contribution in [2.24, 2.45) is 0 Å². The third-order valence-corrected chi connectivity index (χ3v) is 3.50. The van der Waals surface area contributed by atoms with Crippen molar-refractivity contribution >= 4 is 17.7 Å². The van der Waals surface area contributed by atoms with Gasteiger partial charge in [0, 0.05) is 37.5 Å². The van der Waals surface area contributed by atoms with Crippen LogP contribution in [0, 0.1) is 0 Å². The molecular weight excluding hydrogens is 288 g/mol. The number of methoxy groups -OCH3 is 1. The molecule has 1 N–H and O–H groups in total. The first-order valence-corrected chi connectivity index (χ1v) is 7.56. The van der Waals surface area contributed by atoms with Gasteiger partial charge >= 0.3 is 0 Å². The highest BCUT2D eigenvalue weighted by Crippen LogP contribution is 2.18. The molecule has 0 saturated heterocycles. The Morgan fingerprint density at radius 1 is 1.13 bits per heavy atom. The normalized spacial score (nSPS) is 10.5. The van der Waals surface area contributed by atoms with E-state index in [-0.39, 0.29) is 5.91 Å². The Balaban J connectivity index is 1.80. The average molecular weight is 310 g/mol. The average Bonchev–Trinajstić information content (AvgIpc) is 2.60. The van der Waals surface area contributed by atoms with Gasteiger partial charge in [0.1, 0.15) is 5.75 Å². The molecule has 0 bridgehead atoms. The molecule has 0 unspecified atom stereocenters. The Bertz CT molecular complexity index is 653. The minimum atomic E-state index is -0.114. The van der Waals surface area contributed by atoms with Crippen molar-refractivity contribution in [3.63, 3.8) is 0 Å². The quantitative estimate of drug-likeness (QED) is 0.800. The van der Waals surface area contributed by atoms with Crippen LogP contribution in [0.25, 0.3) is 6.08 Å². The van der Waals surface area contributed by atoms with Crippen molar-refractivity contribution in [1.82, 2.24) is 5.32 Å². The van der Waals surface area contributed by atoms with Crippen molar-refractivity contribution < 1.29 is 9.53 Å². The fourth-order valence-corrected chi connectivity index (χ4v) is 2.19. The molecule has 4 heteroatoms. The molecule has 1 amide bonds. The zero-order chi connectivity index (χ0) is 16.5. The lowest BCUT2D eigenvalue weighted by Gasteiger charge is -2.19. The second-order valence-electron chi connectivity index (χ2n) is 5.12. The molecule has 0 aliphatic rings. The molecule has 0 atom stereocenters. The zero-order valence-electron chi connectivity index (χ0n) is 13.5. The maximum absolute atomic E-state index is 11.9. The number of para-hydroxylation sites is 2. The summed E-state index contributed by atoms with van der Waals surface area (Å²) in [5, 5.41) is 2.88. The monoisotopic (exact) mass is 310 g/mol. The van der Waals surface area contributed by atoms with Crippen LogP contribution in [0.4, 0.5) is 5.69 Å². The largest absolute Gasteiger partial charge is 0.496 e. The van der Waals surface area contributed by atoms with Gasteiger partial charge < -0.3 is 15.0 Å². The van der Waals surface area contributed by atoms with Gasteiger partial charge in [-0.15, -0.1) is 0 Å². The van der Waals surface area contributed by atoms with Gasteiger partial charge in [-0.1, -0.05) is 36.4 Å². The summed E-state index contributed by atoms with van der Waals surface area (Å²) in [6.07, 6.45) is 3.29. The van der Waals surface area contributed by atoms with Gasteiger partial charge in [0.15, 0.2) is 0 Å². The summed E-state index contributed by atoms with van der Waals surface area (Å²) in [6, 6.07) is 17.7. The number of rotatable bonds is 7. The van der Waals surface area contributed by atoms with Crippen LogP contribution in [-0.2, 0) is 4.79 Å². The lowest BCUT2D eigenvalue weighted by molar-refractivity contribution is -0.116. The van der Waals surface area contributed by atoms with Crippen LogP contribution in [0.3, 0.4) is 0 Å². The molecule has 2 aromatic carbocycles. The van der Waals surface area contributed by atoms with E-state index < -0.39 is 0 Å². The summed E-state index contributed by atoms with van der Waals surface area (Å²) in [5.41, 5.74) is 2.01. The summed E-state index contributed by atoms with van der Waals surface area (Å²) in [7, 11) is 3.62. The number of ether oxygens (including phenoxy) is 1. The number of nitrogens with zero attached hydrogens (tertiary/aromatic N) is 1. The lowest BCUT2D eigenvalue weighted by atomic mass is 10.2. The van der Waals surface area contributed by atoms with Crippen LogP contribution in [0.2, 0.25) is 0 Å². The molecule has 2 rings (SSSR count). The van der Waals surface area contributed by atoms with Crippen molar-refractivity contribution in [3.05, 3.63) is 66.2 Å². The summed E-state index contributed by atoms with van der Waals surface area (Å²) < 4.78 is 5.25. The highest BCUT2D eigenvalue weighted by molar-refractivity contribution is 5.92. The van der Waals surface area contributed by atoms with Gasteiger partial charge in [-0.2, -0.15) is 0 Å². The Labute approximate surface area is 137 Å². The van der Waals surface area contributed by atoms with Crippen LogP contribution >= 0.6 is 0 Å². The second kappa shape index (κ2) is 8.63. The molecule has 2 aromatic rings. The molecule has 0 spiro atoms. The van der Waals surface area contributed by atoms with Gasteiger partial charge in [-0.05, 0) is 24.3 Å². The maximum atomic E-state index is 11.9. The maximum Gasteiger partial charge on any atom is 0.244 e. The fourth-order valence-electron chi connectivity index (χ4n) is 2.19. The molecule has 23 heavy (non-hydrogen) atoms. The van der Waals surface area contributed by atoms with Gasteiger partial charge in [0.2, 0.25) is 5.91 Å². The Kier molecular flexibility index (Phi) is 6.24. The van der Waals surface area contributed by atoms with Gasteiger partial charge in [0.05, 0.1) is 7.11 Å². The first kappa shape index (κ1) is 16.6. The molecule has 120 valence electrons. The fraction of sp³-hybridized carbons (Fsp3) is 0.211. The molecule has 0 aliphatic carbocycles. The Morgan fingerprint density at radius 3 is 2.57 bits per heavy atom. The Hall–Kier alpha value is -2.75.